The average Bonchev–Trinajstić information content (AvgIpc) is 2.16. The molecule has 2 heterocycles. The van der Waals surface area contributed by atoms with Crippen molar-refractivity contribution in [2.24, 2.45) is 0 Å². The van der Waals surface area contributed by atoms with Crippen LogP contribution in [-0.4, -0.2) is 24.0 Å². The van der Waals surface area contributed by atoms with E-state index in [2.05, 4.69) is 15.6 Å². The van der Waals surface area contributed by atoms with Gasteiger partial charge in [0.2, 0.25) is 0 Å². The first-order valence-electron chi connectivity index (χ1n) is 4.88. The maximum Gasteiger partial charge on any atom is 0.251 e. The molecule has 1 aromatic heterocycles. The zero-order valence-electron chi connectivity index (χ0n) is 8.58. The number of nitrogens with zero attached hydrogens (tertiary/aromatic N) is 1. The van der Waals surface area contributed by atoms with Gasteiger partial charge >= 0.3 is 0 Å². The minimum Gasteiger partial charge on any atom is -0.322 e. The lowest BCUT2D eigenvalue weighted by molar-refractivity contribution is -0.112. The Hall–Kier alpha value is -1.68. The molecule has 4 heteroatoms. The van der Waals surface area contributed by atoms with Crippen LogP contribution in [0.15, 0.2) is 35.7 Å². The van der Waals surface area contributed by atoms with Crippen LogP contribution in [-0.2, 0) is 4.79 Å². The van der Waals surface area contributed by atoms with E-state index in [9.17, 15) is 4.79 Å². The minimum absolute atomic E-state index is 0.0299. The van der Waals surface area contributed by atoms with Crippen LogP contribution in [0.5, 0.6) is 0 Å². The van der Waals surface area contributed by atoms with Crippen LogP contribution in [0.3, 0.4) is 0 Å². The quantitative estimate of drug-likeness (QED) is 0.703. The smallest absolute Gasteiger partial charge is 0.251 e. The Kier molecular flexibility index (Phi) is 2.78. The van der Waals surface area contributed by atoms with Gasteiger partial charge in [-0.15, -0.1) is 0 Å². The predicted molar refractivity (Wildman–Crippen MR) is 58.4 cm³/mol. The van der Waals surface area contributed by atoms with Gasteiger partial charge in [-0.05, 0) is 24.6 Å². The van der Waals surface area contributed by atoms with Gasteiger partial charge in [-0.25, -0.2) is 0 Å². The third-order valence-corrected chi connectivity index (χ3v) is 2.49. The molecule has 0 aliphatic carbocycles. The molecule has 0 radical (unpaired) electrons. The van der Waals surface area contributed by atoms with Gasteiger partial charge in [-0.1, -0.05) is 0 Å². The average molecular weight is 203 g/mol. The molecule has 0 aromatic carbocycles. The van der Waals surface area contributed by atoms with Gasteiger partial charge in [0, 0.05) is 36.7 Å². The Morgan fingerprint density at radius 2 is 2.07 bits per heavy atom. The number of pyridine rings is 1. The molecule has 1 amide bonds. The number of aromatic nitrogens is 1. The standard InChI is InChI=1S/C11H13N3O/c1-8(9-6-13-7-9)11(15)14-10-2-4-12-5-3-10/h2-5,13H,6-7H2,1H3,(H,12,14,15). The molecule has 0 spiro atoms. The molecule has 1 aromatic rings. The van der Waals surface area contributed by atoms with Gasteiger partial charge in [-0.3, -0.25) is 9.78 Å². The van der Waals surface area contributed by atoms with Gasteiger partial charge < -0.3 is 10.6 Å². The monoisotopic (exact) mass is 203 g/mol. The molecule has 0 unspecified atom stereocenters. The summed E-state index contributed by atoms with van der Waals surface area (Å²) < 4.78 is 0. The van der Waals surface area contributed by atoms with E-state index in [1.54, 1.807) is 24.5 Å². The van der Waals surface area contributed by atoms with Crippen molar-refractivity contribution < 1.29 is 4.79 Å². The number of hydrogen-bond acceptors (Lipinski definition) is 3. The van der Waals surface area contributed by atoms with Crippen molar-refractivity contribution in [3.8, 4) is 0 Å². The number of rotatable bonds is 2. The summed E-state index contributed by atoms with van der Waals surface area (Å²) in [5.74, 6) is -0.0299. The molecule has 0 atom stereocenters. The van der Waals surface area contributed by atoms with E-state index >= 15 is 0 Å². The Bertz CT molecular complexity index is 392. The fourth-order valence-electron chi connectivity index (χ4n) is 1.34. The number of hydrogen-bond donors (Lipinski definition) is 2. The fourth-order valence-corrected chi connectivity index (χ4v) is 1.34. The summed E-state index contributed by atoms with van der Waals surface area (Å²) in [5, 5.41) is 5.94. The van der Waals surface area contributed by atoms with E-state index in [1.165, 1.54) is 5.57 Å². The van der Waals surface area contributed by atoms with Crippen LogP contribution >= 0.6 is 0 Å². The summed E-state index contributed by atoms with van der Waals surface area (Å²) in [7, 11) is 0. The van der Waals surface area contributed by atoms with E-state index in [1.807, 2.05) is 6.92 Å². The van der Waals surface area contributed by atoms with Gasteiger partial charge in [0.15, 0.2) is 0 Å². The summed E-state index contributed by atoms with van der Waals surface area (Å²) >= 11 is 0. The number of carbonyl (C=O) groups is 1. The van der Waals surface area contributed by atoms with Crippen molar-refractivity contribution in [1.29, 1.82) is 0 Å². The molecule has 1 saturated heterocycles. The maximum absolute atomic E-state index is 11.7. The fraction of sp³-hybridized carbons (Fsp3) is 0.273. The molecule has 78 valence electrons. The normalized spacial score (nSPS) is 14.3. The molecular formula is C11H13N3O. The highest BCUT2D eigenvalue weighted by Crippen LogP contribution is 2.12. The molecule has 1 fully saturated rings. The highest BCUT2D eigenvalue weighted by Gasteiger charge is 2.15. The van der Waals surface area contributed by atoms with E-state index in [4.69, 9.17) is 0 Å². The van der Waals surface area contributed by atoms with Crippen molar-refractivity contribution in [3.63, 3.8) is 0 Å². The molecule has 1 aliphatic heterocycles. The zero-order valence-corrected chi connectivity index (χ0v) is 8.58. The summed E-state index contributed by atoms with van der Waals surface area (Å²) in [5.41, 5.74) is 2.77. The van der Waals surface area contributed by atoms with Crippen LogP contribution in [0.25, 0.3) is 0 Å². The number of carbonyl (C=O) groups excluding carboxylic acids is 1. The topological polar surface area (TPSA) is 54.0 Å². The highest BCUT2D eigenvalue weighted by molar-refractivity contribution is 6.04. The second kappa shape index (κ2) is 4.23. The second-order valence-corrected chi connectivity index (χ2v) is 3.52. The van der Waals surface area contributed by atoms with Crippen LogP contribution in [0.1, 0.15) is 6.92 Å². The maximum atomic E-state index is 11.7. The molecule has 4 nitrogen and oxygen atoms in total. The number of amides is 1. The summed E-state index contributed by atoms with van der Waals surface area (Å²) in [6.07, 6.45) is 3.31. The van der Waals surface area contributed by atoms with Crippen molar-refractivity contribution in [2.45, 2.75) is 6.92 Å². The van der Waals surface area contributed by atoms with Crippen molar-refractivity contribution in [3.05, 3.63) is 35.7 Å². The lowest BCUT2D eigenvalue weighted by atomic mass is 10.0. The molecule has 2 N–H and O–H groups in total. The Balaban J connectivity index is 2.04. The number of anilines is 1. The first kappa shape index (κ1) is 9.86. The first-order chi connectivity index (χ1) is 7.27. The largest absolute Gasteiger partial charge is 0.322 e. The zero-order chi connectivity index (χ0) is 10.7. The van der Waals surface area contributed by atoms with E-state index in [0.29, 0.717) is 0 Å². The summed E-state index contributed by atoms with van der Waals surface area (Å²) in [6.45, 7) is 3.51. The third-order valence-electron chi connectivity index (χ3n) is 2.49. The molecule has 1 aliphatic rings. The van der Waals surface area contributed by atoms with Crippen LogP contribution in [0.4, 0.5) is 5.69 Å². The minimum atomic E-state index is -0.0299. The lowest BCUT2D eigenvalue weighted by Gasteiger charge is -2.21. The van der Waals surface area contributed by atoms with Crippen molar-refractivity contribution >= 4 is 11.6 Å². The molecular weight excluding hydrogens is 190 g/mol. The lowest BCUT2D eigenvalue weighted by Crippen LogP contribution is -2.36. The molecule has 0 bridgehead atoms. The van der Waals surface area contributed by atoms with Gasteiger partial charge in [0.25, 0.3) is 5.91 Å². The molecule has 2 rings (SSSR count). The van der Waals surface area contributed by atoms with E-state index < -0.39 is 0 Å². The molecule has 15 heavy (non-hydrogen) atoms. The molecule has 0 saturated carbocycles. The highest BCUT2D eigenvalue weighted by atomic mass is 16.1. The Labute approximate surface area is 88.4 Å². The van der Waals surface area contributed by atoms with Crippen LogP contribution in [0.2, 0.25) is 0 Å². The van der Waals surface area contributed by atoms with Crippen LogP contribution < -0.4 is 10.6 Å². The summed E-state index contributed by atoms with van der Waals surface area (Å²) in [4.78, 5) is 15.6. The number of nitrogens with one attached hydrogen (secondary N) is 2. The second-order valence-electron chi connectivity index (χ2n) is 3.52. The van der Waals surface area contributed by atoms with E-state index in [0.717, 1.165) is 24.4 Å². The first-order valence-corrected chi connectivity index (χ1v) is 4.88. The van der Waals surface area contributed by atoms with Gasteiger partial charge in [-0.2, -0.15) is 0 Å². The van der Waals surface area contributed by atoms with Crippen LogP contribution in [0, 0.1) is 0 Å². The van der Waals surface area contributed by atoms with Crippen molar-refractivity contribution in [1.82, 2.24) is 10.3 Å². The third kappa shape index (κ3) is 2.22. The van der Waals surface area contributed by atoms with E-state index in [-0.39, 0.29) is 5.91 Å². The van der Waals surface area contributed by atoms with Crippen molar-refractivity contribution in [2.75, 3.05) is 18.4 Å². The van der Waals surface area contributed by atoms with Gasteiger partial charge in [0.1, 0.15) is 0 Å². The SMILES string of the molecule is CC(C(=O)Nc1ccncc1)=C1CNC1. The van der Waals surface area contributed by atoms with Gasteiger partial charge in [0.05, 0.1) is 0 Å². The summed E-state index contributed by atoms with van der Waals surface area (Å²) in [6, 6.07) is 3.55. The Morgan fingerprint density at radius 3 is 2.60 bits per heavy atom. The Morgan fingerprint density at radius 1 is 1.40 bits per heavy atom. The predicted octanol–water partition coefficient (Wildman–Crippen LogP) is 0.940.